The second-order valence-corrected chi connectivity index (χ2v) is 8.39. The molecule has 0 saturated carbocycles. The molecule has 6 heteroatoms. The van der Waals surface area contributed by atoms with Gasteiger partial charge in [-0.2, -0.15) is 0 Å². The number of methoxy groups -OCH3 is 1. The number of carbonyl (C=O) groups is 1. The van der Waals surface area contributed by atoms with E-state index in [4.69, 9.17) is 9.47 Å². The highest BCUT2D eigenvalue weighted by Gasteiger charge is 2.35. The van der Waals surface area contributed by atoms with E-state index in [2.05, 4.69) is 50.5 Å². The third-order valence-corrected chi connectivity index (χ3v) is 5.53. The average Bonchev–Trinajstić information content (AvgIpc) is 2.47. The molecule has 0 radical (unpaired) electrons. The summed E-state index contributed by atoms with van der Waals surface area (Å²) in [5.41, 5.74) is 0.0255. The van der Waals surface area contributed by atoms with Crippen molar-refractivity contribution in [3.05, 3.63) is 24.8 Å². The lowest BCUT2D eigenvalue weighted by atomic mass is 9.83. The van der Waals surface area contributed by atoms with Crippen molar-refractivity contribution < 1.29 is 14.3 Å². The van der Waals surface area contributed by atoms with Crippen LogP contribution in [0.25, 0.3) is 0 Å². The van der Waals surface area contributed by atoms with Gasteiger partial charge in [-0.3, -0.25) is 0 Å². The van der Waals surface area contributed by atoms with Gasteiger partial charge in [0.1, 0.15) is 16.9 Å². The van der Waals surface area contributed by atoms with E-state index in [0.717, 1.165) is 33.1 Å². The Morgan fingerprint density at radius 1 is 1.27 bits per heavy atom. The summed E-state index contributed by atoms with van der Waals surface area (Å²) in [5.74, 6) is 0.662. The van der Waals surface area contributed by atoms with Gasteiger partial charge in [-0.05, 0) is 97.1 Å². The molecule has 1 heterocycles. The zero-order chi connectivity index (χ0) is 16.3. The monoisotopic (exact) mass is 529 g/mol. The molecule has 0 unspecified atom stereocenters. The molecule has 0 amide bonds. The summed E-state index contributed by atoms with van der Waals surface area (Å²) in [6, 6.07) is 3.80. The maximum absolute atomic E-state index is 12.7. The molecule has 1 aliphatic heterocycles. The fraction of sp³-hybridized carbons (Fsp3) is 0.562. The van der Waals surface area contributed by atoms with Crippen molar-refractivity contribution >= 4 is 51.2 Å². The van der Waals surface area contributed by atoms with E-state index in [-0.39, 0.29) is 5.97 Å². The topological polar surface area (TPSA) is 47.6 Å². The van der Waals surface area contributed by atoms with E-state index in [0.29, 0.717) is 17.2 Å². The number of nitrogens with one attached hydrogen (secondary N) is 1. The minimum Gasteiger partial charge on any atom is -0.495 e. The molecule has 0 bridgehead atoms. The van der Waals surface area contributed by atoms with Crippen molar-refractivity contribution in [3.8, 4) is 5.75 Å². The predicted molar refractivity (Wildman–Crippen MR) is 104 cm³/mol. The van der Waals surface area contributed by atoms with Gasteiger partial charge in [0, 0.05) is 9.49 Å². The summed E-state index contributed by atoms with van der Waals surface area (Å²) >= 11 is 4.38. The first kappa shape index (κ1) is 18.3. The summed E-state index contributed by atoms with van der Waals surface area (Å²) < 4.78 is 13.2. The second kappa shape index (κ2) is 7.65. The first-order valence-corrected chi connectivity index (χ1v) is 9.48. The minimum atomic E-state index is -0.475. The molecule has 0 spiro atoms. The number of rotatable bonds is 4. The number of piperidine rings is 1. The molecule has 4 nitrogen and oxygen atoms in total. The molecule has 1 aliphatic rings. The van der Waals surface area contributed by atoms with Crippen LogP contribution in [0.1, 0.15) is 37.0 Å². The SMILES string of the molecule is COc1c(I)cc(I)cc1C(=O)OC(C)(C)C1CCNCC1. The Kier molecular flexibility index (Phi) is 6.35. The van der Waals surface area contributed by atoms with Crippen LogP contribution < -0.4 is 10.1 Å². The van der Waals surface area contributed by atoms with Crippen LogP contribution in [0.15, 0.2) is 12.1 Å². The molecule has 1 aromatic carbocycles. The van der Waals surface area contributed by atoms with Crippen LogP contribution in [0.5, 0.6) is 5.75 Å². The number of benzene rings is 1. The lowest BCUT2D eigenvalue weighted by molar-refractivity contribution is -0.0370. The van der Waals surface area contributed by atoms with Gasteiger partial charge in [0.05, 0.1) is 10.7 Å². The summed E-state index contributed by atoms with van der Waals surface area (Å²) in [6.07, 6.45) is 2.06. The van der Waals surface area contributed by atoms with Gasteiger partial charge in [-0.15, -0.1) is 0 Å². The van der Waals surface area contributed by atoms with E-state index in [1.165, 1.54) is 0 Å². The van der Waals surface area contributed by atoms with Crippen LogP contribution in [0.2, 0.25) is 0 Å². The van der Waals surface area contributed by atoms with Crippen molar-refractivity contribution in [2.75, 3.05) is 20.2 Å². The number of ether oxygens (including phenoxy) is 2. The zero-order valence-electron chi connectivity index (χ0n) is 13.0. The van der Waals surface area contributed by atoms with Crippen molar-refractivity contribution in [1.82, 2.24) is 5.32 Å². The molecule has 1 N–H and O–H groups in total. The van der Waals surface area contributed by atoms with Crippen LogP contribution in [0.3, 0.4) is 0 Å². The fourth-order valence-corrected chi connectivity index (χ4v) is 4.88. The van der Waals surface area contributed by atoms with Gasteiger partial charge in [0.15, 0.2) is 0 Å². The molecule has 0 atom stereocenters. The second-order valence-electron chi connectivity index (χ2n) is 5.99. The Morgan fingerprint density at radius 3 is 2.50 bits per heavy atom. The van der Waals surface area contributed by atoms with Crippen LogP contribution in [0.4, 0.5) is 0 Å². The maximum Gasteiger partial charge on any atom is 0.342 e. The number of hydrogen-bond donors (Lipinski definition) is 1. The van der Waals surface area contributed by atoms with Gasteiger partial charge >= 0.3 is 5.97 Å². The molecule has 2 rings (SSSR count). The van der Waals surface area contributed by atoms with E-state index < -0.39 is 5.60 Å². The molecule has 22 heavy (non-hydrogen) atoms. The van der Waals surface area contributed by atoms with Crippen molar-refractivity contribution in [1.29, 1.82) is 0 Å². The van der Waals surface area contributed by atoms with Crippen molar-refractivity contribution in [2.45, 2.75) is 32.3 Å². The van der Waals surface area contributed by atoms with Crippen LogP contribution in [0, 0.1) is 13.1 Å². The normalized spacial score (nSPS) is 16.4. The lowest BCUT2D eigenvalue weighted by Crippen LogP contribution is -2.42. The molecule has 1 aromatic rings. The van der Waals surface area contributed by atoms with E-state index >= 15 is 0 Å². The fourth-order valence-electron chi connectivity index (χ4n) is 2.81. The standard InChI is InChI=1S/C16H21I2NO3/c1-16(2,10-4-6-19-7-5-10)22-15(20)12-8-11(17)9-13(18)14(12)21-3/h8-10,19H,4-7H2,1-3H3. The number of carbonyl (C=O) groups excluding carboxylic acids is 1. The number of esters is 1. The lowest BCUT2D eigenvalue weighted by Gasteiger charge is -2.36. The highest BCUT2D eigenvalue weighted by atomic mass is 127. The maximum atomic E-state index is 12.7. The molecular formula is C16H21I2NO3. The Bertz CT molecular complexity index is 555. The summed E-state index contributed by atoms with van der Waals surface area (Å²) in [5, 5.41) is 3.34. The Morgan fingerprint density at radius 2 is 1.91 bits per heavy atom. The number of hydrogen-bond acceptors (Lipinski definition) is 4. The minimum absolute atomic E-state index is 0.309. The average molecular weight is 529 g/mol. The van der Waals surface area contributed by atoms with E-state index in [9.17, 15) is 4.79 Å². The Balaban J connectivity index is 2.21. The largest absolute Gasteiger partial charge is 0.495 e. The van der Waals surface area contributed by atoms with Gasteiger partial charge in [-0.25, -0.2) is 4.79 Å². The molecule has 1 fully saturated rings. The Hall–Kier alpha value is -0.0900. The van der Waals surface area contributed by atoms with Crippen LogP contribution in [-0.4, -0.2) is 31.8 Å². The molecule has 1 saturated heterocycles. The van der Waals surface area contributed by atoms with Crippen molar-refractivity contribution in [3.63, 3.8) is 0 Å². The summed E-state index contributed by atoms with van der Waals surface area (Å²) in [4.78, 5) is 12.7. The zero-order valence-corrected chi connectivity index (χ0v) is 17.4. The molecule has 0 aromatic heterocycles. The first-order valence-electron chi connectivity index (χ1n) is 7.32. The quantitative estimate of drug-likeness (QED) is 0.476. The highest BCUT2D eigenvalue weighted by Crippen LogP contribution is 2.33. The van der Waals surface area contributed by atoms with Gasteiger partial charge in [0.2, 0.25) is 0 Å². The van der Waals surface area contributed by atoms with Gasteiger partial charge in [-0.1, -0.05) is 0 Å². The van der Waals surface area contributed by atoms with Crippen molar-refractivity contribution in [2.24, 2.45) is 5.92 Å². The third-order valence-electron chi connectivity index (χ3n) is 4.11. The molecular weight excluding hydrogens is 508 g/mol. The first-order chi connectivity index (χ1) is 10.3. The van der Waals surface area contributed by atoms with Gasteiger partial charge in [0.25, 0.3) is 0 Å². The molecule has 122 valence electrons. The van der Waals surface area contributed by atoms with Gasteiger partial charge < -0.3 is 14.8 Å². The van der Waals surface area contributed by atoms with E-state index in [1.807, 2.05) is 26.0 Å². The summed E-state index contributed by atoms with van der Waals surface area (Å²) in [7, 11) is 1.58. The third kappa shape index (κ3) is 4.25. The number of halogens is 2. The molecule has 0 aliphatic carbocycles. The predicted octanol–water partition coefficient (Wildman–Crippen LogP) is 3.84. The van der Waals surface area contributed by atoms with Crippen LogP contribution in [-0.2, 0) is 4.74 Å². The van der Waals surface area contributed by atoms with E-state index in [1.54, 1.807) is 7.11 Å². The smallest absolute Gasteiger partial charge is 0.342 e. The Labute approximate surface area is 159 Å². The summed E-state index contributed by atoms with van der Waals surface area (Å²) in [6.45, 7) is 5.98. The highest BCUT2D eigenvalue weighted by molar-refractivity contribution is 14.1. The van der Waals surface area contributed by atoms with Crippen LogP contribution >= 0.6 is 45.2 Å².